The number of amides is 1. The van der Waals surface area contributed by atoms with E-state index >= 15 is 0 Å². The zero-order chi connectivity index (χ0) is 11.7. The summed E-state index contributed by atoms with van der Waals surface area (Å²) in [7, 11) is 0. The molecule has 1 heterocycles. The van der Waals surface area contributed by atoms with Gasteiger partial charge in [-0.2, -0.15) is 0 Å². The first kappa shape index (κ1) is 11.0. The van der Waals surface area contributed by atoms with Crippen LogP contribution in [-0.4, -0.2) is 25.5 Å². The zero-order valence-corrected chi connectivity index (χ0v) is 10.1. The van der Waals surface area contributed by atoms with Gasteiger partial charge in [0.15, 0.2) is 0 Å². The monoisotopic (exact) mass is 232 g/mol. The molecule has 2 N–H and O–H groups in total. The van der Waals surface area contributed by atoms with Crippen molar-refractivity contribution in [2.45, 2.75) is 19.3 Å². The van der Waals surface area contributed by atoms with Gasteiger partial charge < -0.3 is 10.6 Å². The van der Waals surface area contributed by atoms with E-state index in [0.717, 1.165) is 32.5 Å². The Kier molecular flexibility index (Phi) is 3.02. The highest BCUT2D eigenvalue weighted by atomic mass is 16.1. The summed E-state index contributed by atoms with van der Waals surface area (Å²) < 4.78 is 0. The molecule has 0 spiro atoms. The van der Waals surface area contributed by atoms with Crippen LogP contribution >= 0.6 is 0 Å². The summed E-state index contributed by atoms with van der Waals surface area (Å²) >= 11 is 0. The van der Waals surface area contributed by atoms with E-state index in [-0.39, 0.29) is 11.8 Å². The molecule has 0 aromatic rings. The lowest BCUT2D eigenvalue weighted by atomic mass is 9.92. The standard InChI is InChI=1S/C14H20N2O/c17-14(13-8-11-1-2-12(13)7-11)16-9-10-3-5-15-6-4-10/h1-3,11-13,15H,4-9H2,(H,16,17). The average molecular weight is 232 g/mol. The number of fused-ring (bicyclic) bond motifs is 2. The minimum Gasteiger partial charge on any atom is -0.352 e. The molecule has 0 saturated heterocycles. The molecule has 92 valence electrons. The highest BCUT2D eigenvalue weighted by Crippen LogP contribution is 2.43. The van der Waals surface area contributed by atoms with E-state index < -0.39 is 0 Å². The number of allylic oxidation sites excluding steroid dienone is 2. The van der Waals surface area contributed by atoms with Crippen LogP contribution in [0.3, 0.4) is 0 Å². The lowest BCUT2D eigenvalue weighted by Crippen LogP contribution is -2.35. The molecular formula is C14H20N2O. The quantitative estimate of drug-likeness (QED) is 0.719. The summed E-state index contributed by atoms with van der Waals surface area (Å²) in [4.78, 5) is 12.1. The van der Waals surface area contributed by atoms with Gasteiger partial charge in [-0.25, -0.2) is 0 Å². The van der Waals surface area contributed by atoms with Crippen LogP contribution in [0.5, 0.6) is 0 Å². The molecule has 1 aliphatic heterocycles. The SMILES string of the molecule is O=C(NCC1=CCNCC1)C1CC2C=CC1C2. The predicted molar refractivity (Wildman–Crippen MR) is 67.4 cm³/mol. The summed E-state index contributed by atoms with van der Waals surface area (Å²) in [6, 6.07) is 0. The Hall–Kier alpha value is -1.09. The fourth-order valence-corrected chi connectivity index (χ4v) is 3.24. The molecule has 3 aliphatic rings. The summed E-state index contributed by atoms with van der Waals surface area (Å²) in [5.41, 5.74) is 1.37. The van der Waals surface area contributed by atoms with Crippen LogP contribution in [0.2, 0.25) is 0 Å². The van der Waals surface area contributed by atoms with E-state index in [1.165, 1.54) is 12.0 Å². The molecule has 3 rings (SSSR count). The third kappa shape index (κ3) is 2.29. The third-order valence-corrected chi connectivity index (χ3v) is 4.26. The molecule has 3 unspecified atom stereocenters. The Morgan fingerprint density at radius 3 is 3.00 bits per heavy atom. The summed E-state index contributed by atoms with van der Waals surface area (Å²) in [6.07, 6.45) is 10.0. The van der Waals surface area contributed by atoms with E-state index in [4.69, 9.17) is 0 Å². The van der Waals surface area contributed by atoms with Gasteiger partial charge in [-0.1, -0.05) is 23.8 Å². The highest BCUT2D eigenvalue weighted by Gasteiger charge is 2.39. The van der Waals surface area contributed by atoms with Crippen LogP contribution in [0.25, 0.3) is 0 Å². The van der Waals surface area contributed by atoms with Gasteiger partial charge in [-0.15, -0.1) is 0 Å². The minimum atomic E-state index is 0.243. The molecule has 2 bridgehead atoms. The van der Waals surface area contributed by atoms with E-state index in [1.807, 2.05) is 0 Å². The maximum atomic E-state index is 12.1. The molecule has 2 aliphatic carbocycles. The van der Waals surface area contributed by atoms with Gasteiger partial charge in [-0.3, -0.25) is 4.79 Å². The van der Waals surface area contributed by atoms with Crippen molar-refractivity contribution in [2.24, 2.45) is 17.8 Å². The first-order valence-corrected chi connectivity index (χ1v) is 6.67. The molecule has 3 atom stereocenters. The van der Waals surface area contributed by atoms with Gasteiger partial charge in [0.1, 0.15) is 0 Å². The summed E-state index contributed by atoms with van der Waals surface area (Å²) in [6.45, 7) is 2.73. The molecule has 0 aromatic carbocycles. The number of nitrogens with one attached hydrogen (secondary N) is 2. The predicted octanol–water partition coefficient (Wildman–Crippen LogP) is 1.23. The Labute approximate surface area is 102 Å². The highest BCUT2D eigenvalue weighted by molar-refractivity contribution is 5.80. The maximum absolute atomic E-state index is 12.1. The molecule has 17 heavy (non-hydrogen) atoms. The normalized spacial score (nSPS) is 34.8. The van der Waals surface area contributed by atoms with Gasteiger partial charge in [-0.05, 0) is 37.6 Å². The average Bonchev–Trinajstić information content (AvgIpc) is 2.99. The minimum absolute atomic E-state index is 0.243. The van der Waals surface area contributed by atoms with Crippen LogP contribution in [-0.2, 0) is 4.79 Å². The van der Waals surface area contributed by atoms with Crippen molar-refractivity contribution in [1.82, 2.24) is 10.6 Å². The first-order chi connectivity index (χ1) is 8.33. The Balaban J connectivity index is 1.50. The fourth-order valence-electron chi connectivity index (χ4n) is 3.24. The van der Waals surface area contributed by atoms with Crippen LogP contribution in [0, 0.1) is 17.8 Å². The van der Waals surface area contributed by atoms with E-state index in [9.17, 15) is 4.79 Å². The number of rotatable bonds is 3. The molecule has 3 heteroatoms. The molecule has 1 fully saturated rings. The molecular weight excluding hydrogens is 212 g/mol. The van der Waals surface area contributed by atoms with Crippen molar-refractivity contribution < 1.29 is 4.79 Å². The van der Waals surface area contributed by atoms with Crippen molar-refractivity contribution in [2.75, 3.05) is 19.6 Å². The molecule has 0 aromatic heterocycles. The van der Waals surface area contributed by atoms with Crippen molar-refractivity contribution in [3.8, 4) is 0 Å². The van der Waals surface area contributed by atoms with Crippen molar-refractivity contribution >= 4 is 5.91 Å². The number of carbonyl (C=O) groups excluding carboxylic acids is 1. The molecule has 0 radical (unpaired) electrons. The number of carbonyl (C=O) groups is 1. The number of hydrogen-bond acceptors (Lipinski definition) is 2. The maximum Gasteiger partial charge on any atom is 0.223 e. The van der Waals surface area contributed by atoms with Crippen LogP contribution in [0.4, 0.5) is 0 Å². The Morgan fingerprint density at radius 2 is 2.35 bits per heavy atom. The number of hydrogen-bond donors (Lipinski definition) is 2. The van der Waals surface area contributed by atoms with Gasteiger partial charge in [0.2, 0.25) is 5.91 Å². The summed E-state index contributed by atoms with van der Waals surface area (Å²) in [5.74, 6) is 1.70. The van der Waals surface area contributed by atoms with Gasteiger partial charge in [0, 0.05) is 19.0 Å². The topological polar surface area (TPSA) is 41.1 Å². The molecule has 1 saturated carbocycles. The van der Waals surface area contributed by atoms with Crippen LogP contribution in [0.1, 0.15) is 19.3 Å². The molecule has 3 nitrogen and oxygen atoms in total. The lowest BCUT2D eigenvalue weighted by molar-refractivity contribution is -0.125. The van der Waals surface area contributed by atoms with Gasteiger partial charge >= 0.3 is 0 Å². The summed E-state index contributed by atoms with van der Waals surface area (Å²) in [5, 5.41) is 6.39. The smallest absolute Gasteiger partial charge is 0.223 e. The molecule has 1 amide bonds. The van der Waals surface area contributed by atoms with Gasteiger partial charge in [0.25, 0.3) is 0 Å². The van der Waals surface area contributed by atoms with Crippen LogP contribution in [0.15, 0.2) is 23.8 Å². The van der Waals surface area contributed by atoms with Crippen molar-refractivity contribution in [3.63, 3.8) is 0 Å². The van der Waals surface area contributed by atoms with Crippen LogP contribution < -0.4 is 10.6 Å². The van der Waals surface area contributed by atoms with E-state index in [2.05, 4.69) is 28.9 Å². The van der Waals surface area contributed by atoms with Crippen molar-refractivity contribution in [3.05, 3.63) is 23.8 Å². The second-order valence-electron chi connectivity index (χ2n) is 5.42. The van der Waals surface area contributed by atoms with E-state index in [0.29, 0.717) is 11.8 Å². The second kappa shape index (κ2) is 4.65. The third-order valence-electron chi connectivity index (χ3n) is 4.26. The first-order valence-electron chi connectivity index (χ1n) is 6.67. The van der Waals surface area contributed by atoms with Gasteiger partial charge in [0.05, 0.1) is 0 Å². The van der Waals surface area contributed by atoms with E-state index in [1.54, 1.807) is 0 Å². The fraction of sp³-hybridized carbons (Fsp3) is 0.643. The zero-order valence-electron chi connectivity index (χ0n) is 10.1. The van der Waals surface area contributed by atoms with Crippen molar-refractivity contribution in [1.29, 1.82) is 0 Å². The second-order valence-corrected chi connectivity index (χ2v) is 5.42. The lowest BCUT2D eigenvalue weighted by Gasteiger charge is -2.19. The largest absolute Gasteiger partial charge is 0.352 e. The Bertz CT molecular complexity index is 372. The Morgan fingerprint density at radius 1 is 1.41 bits per heavy atom.